The summed E-state index contributed by atoms with van der Waals surface area (Å²) in [7, 11) is -3.17. The number of sulfone groups is 1. The van der Waals surface area contributed by atoms with Crippen molar-refractivity contribution in [2.24, 2.45) is 0 Å². The molecule has 0 aliphatic rings. The fraction of sp³-hybridized carbons (Fsp3) is 0.300. The Morgan fingerprint density at radius 1 is 1.27 bits per heavy atom. The number of thioether (sulfide) groups is 1. The van der Waals surface area contributed by atoms with Crippen LogP contribution in [0.5, 0.6) is 0 Å². The molecule has 3 nitrogen and oxygen atoms in total. The molecule has 0 radical (unpaired) electrons. The molecule has 0 aromatic heterocycles. The van der Waals surface area contributed by atoms with Gasteiger partial charge in [-0.3, -0.25) is 4.79 Å². The first-order valence-electron chi connectivity index (χ1n) is 4.27. The highest BCUT2D eigenvalue weighted by atomic mass is 32.2. The molecule has 1 aromatic carbocycles. The van der Waals surface area contributed by atoms with Gasteiger partial charge >= 0.3 is 0 Å². The minimum Gasteiger partial charge on any atom is -0.293 e. The number of carbonyl (C=O) groups excluding carboxylic acids is 1. The Labute approximate surface area is 93.8 Å². The second-order valence-electron chi connectivity index (χ2n) is 3.15. The molecule has 0 spiro atoms. The van der Waals surface area contributed by atoms with Crippen molar-refractivity contribution in [2.45, 2.75) is 4.90 Å². The summed E-state index contributed by atoms with van der Waals surface area (Å²) in [6.45, 7) is 0. The normalized spacial score (nSPS) is 11.3. The lowest BCUT2D eigenvalue weighted by molar-refractivity contribution is 0.102. The number of carbonyl (C=O) groups is 1. The van der Waals surface area contributed by atoms with Gasteiger partial charge in [0.1, 0.15) is 0 Å². The van der Waals surface area contributed by atoms with Crippen molar-refractivity contribution in [1.82, 2.24) is 0 Å². The Morgan fingerprint density at radius 2 is 1.80 bits per heavy atom. The lowest BCUT2D eigenvalue weighted by Gasteiger charge is -2.01. The van der Waals surface area contributed by atoms with Gasteiger partial charge in [0.25, 0.3) is 0 Å². The zero-order valence-electron chi connectivity index (χ0n) is 8.56. The van der Waals surface area contributed by atoms with Gasteiger partial charge in [0.15, 0.2) is 15.6 Å². The standard InChI is InChI=1S/C10H12O3S2/c1-14-7-10(11)8-3-5-9(6-4-8)15(2,12)13/h3-6H,7H2,1-2H3. The first kappa shape index (κ1) is 12.3. The minimum absolute atomic E-state index is 0.0163. The summed E-state index contributed by atoms with van der Waals surface area (Å²) in [4.78, 5) is 11.7. The molecule has 15 heavy (non-hydrogen) atoms. The zero-order chi connectivity index (χ0) is 11.5. The van der Waals surface area contributed by atoms with E-state index in [1.807, 2.05) is 6.26 Å². The topological polar surface area (TPSA) is 51.2 Å². The summed E-state index contributed by atoms with van der Waals surface area (Å²) < 4.78 is 22.3. The predicted molar refractivity (Wildman–Crippen MR) is 62.3 cm³/mol. The fourth-order valence-electron chi connectivity index (χ4n) is 1.10. The van der Waals surface area contributed by atoms with Gasteiger partial charge in [0.2, 0.25) is 0 Å². The average Bonchev–Trinajstić information content (AvgIpc) is 2.17. The number of benzene rings is 1. The summed E-state index contributed by atoms with van der Waals surface area (Å²) in [6.07, 6.45) is 2.99. The molecule has 0 aliphatic carbocycles. The number of rotatable bonds is 4. The molecule has 0 bridgehead atoms. The van der Waals surface area contributed by atoms with Crippen molar-refractivity contribution in [3.8, 4) is 0 Å². The molecule has 0 atom stereocenters. The van der Waals surface area contributed by atoms with E-state index in [1.54, 1.807) is 12.1 Å². The number of Topliss-reactive ketones (excluding diaryl/α,β-unsaturated/α-hetero) is 1. The van der Waals surface area contributed by atoms with Gasteiger partial charge < -0.3 is 0 Å². The largest absolute Gasteiger partial charge is 0.293 e. The van der Waals surface area contributed by atoms with E-state index < -0.39 is 9.84 Å². The molecule has 0 saturated heterocycles. The van der Waals surface area contributed by atoms with Crippen LogP contribution in [0.2, 0.25) is 0 Å². The molecule has 1 aromatic rings. The molecule has 0 saturated carbocycles. The van der Waals surface area contributed by atoms with Gasteiger partial charge in [0.05, 0.1) is 10.6 Å². The summed E-state index contributed by atoms with van der Waals surface area (Å²) in [6, 6.07) is 6.02. The quantitative estimate of drug-likeness (QED) is 0.755. The Balaban J connectivity index is 2.96. The molecule has 0 heterocycles. The summed E-state index contributed by atoms with van der Waals surface area (Å²) in [5.74, 6) is 0.431. The van der Waals surface area contributed by atoms with E-state index in [0.717, 1.165) is 6.26 Å². The minimum atomic E-state index is -3.17. The van der Waals surface area contributed by atoms with Crippen LogP contribution in [-0.2, 0) is 9.84 Å². The molecular weight excluding hydrogens is 232 g/mol. The van der Waals surface area contributed by atoms with Crippen molar-refractivity contribution in [2.75, 3.05) is 18.3 Å². The smallest absolute Gasteiger partial charge is 0.175 e. The van der Waals surface area contributed by atoms with E-state index in [1.165, 1.54) is 23.9 Å². The van der Waals surface area contributed by atoms with Gasteiger partial charge in [-0.15, -0.1) is 0 Å². The summed E-state index contributed by atoms with van der Waals surface area (Å²) >= 11 is 1.45. The molecule has 0 unspecified atom stereocenters. The Bertz CT molecular complexity index is 446. The van der Waals surface area contributed by atoms with E-state index in [4.69, 9.17) is 0 Å². The maximum atomic E-state index is 11.4. The first-order chi connectivity index (χ1) is 6.95. The van der Waals surface area contributed by atoms with E-state index >= 15 is 0 Å². The highest BCUT2D eigenvalue weighted by molar-refractivity contribution is 7.99. The van der Waals surface area contributed by atoms with Crippen molar-refractivity contribution < 1.29 is 13.2 Å². The molecule has 1 rings (SSSR count). The lowest BCUT2D eigenvalue weighted by atomic mass is 10.1. The summed E-state index contributed by atoms with van der Waals surface area (Å²) in [5.41, 5.74) is 0.553. The van der Waals surface area contributed by atoms with E-state index in [9.17, 15) is 13.2 Å². The third-order valence-corrected chi connectivity index (χ3v) is 3.56. The highest BCUT2D eigenvalue weighted by Crippen LogP contribution is 2.11. The maximum Gasteiger partial charge on any atom is 0.175 e. The Morgan fingerprint density at radius 3 is 2.20 bits per heavy atom. The Hall–Kier alpha value is -0.810. The third kappa shape index (κ3) is 3.35. The number of hydrogen-bond acceptors (Lipinski definition) is 4. The van der Waals surface area contributed by atoms with E-state index in [0.29, 0.717) is 11.3 Å². The maximum absolute atomic E-state index is 11.4. The average molecular weight is 244 g/mol. The van der Waals surface area contributed by atoms with Crippen LogP contribution in [0.4, 0.5) is 0 Å². The molecule has 82 valence electrons. The van der Waals surface area contributed by atoms with Crippen molar-refractivity contribution in [3.05, 3.63) is 29.8 Å². The molecule has 0 fully saturated rings. The number of ketones is 1. The monoisotopic (exact) mass is 244 g/mol. The Kier molecular flexibility index (Phi) is 3.93. The lowest BCUT2D eigenvalue weighted by Crippen LogP contribution is -2.03. The fourth-order valence-corrected chi connectivity index (χ4v) is 2.16. The van der Waals surface area contributed by atoms with Crippen LogP contribution < -0.4 is 0 Å². The number of hydrogen-bond donors (Lipinski definition) is 0. The highest BCUT2D eigenvalue weighted by Gasteiger charge is 2.09. The van der Waals surface area contributed by atoms with Gasteiger partial charge in [-0.25, -0.2) is 8.42 Å². The third-order valence-electron chi connectivity index (χ3n) is 1.88. The second kappa shape index (κ2) is 4.81. The van der Waals surface area contributed by atoms with Crippen LogP contribution in [-0.4, -0.2) is 32.5 Å². The van der Waals surface area contributed by atoms with Gasteiger partial charge in [0, 0.05) is 11.8 Å². The molecular formula is C10H12O3S2. The SMILES string of the molecule is CSCC(=O)c1ccc(S(C)(=O)=O)cc1. The predicted octanol–water partition coefficient (Wildman–Crippen LogP) is 1.64. The van der Waals surface area contributed by atoms with Crippen LogP contribution in [0, 0.1) is 0 Å². The van der Waals surface area contributed by atoms with Crippen molar-refractivity contribution in [3.63, 3.8) is 0 Å². The van der Waals surface area contributed by atoms with Crippen LogP contribution in [0.1, 0.15) is 10.4 Å². The van der Waals surface area contributed by atoms with Crippen molar-refractivity contribution in [1.29, 1.82) is 0 Å². The second-order valence-corrected chi connectivity index (χ2v) is 6.03. The molecule has 5 heteroatoms. The van der Waals surface area contributed by atoms with Crippen LogP contribution in [0.15, 0.2) is 29.2 Å². The first-order valence-corrected chi connectivity index (χ1v) is 7.56. The van der Waals surface area contributed by atoms with Crippen LogP contribution >= 0.6 is 11.8 Å². The molecule has 0 amide bonds. The van der Waals surface area contributed by atoms with Gasteiger partial charge in [-0.1, -0.05) is 12.1 Å². The van der Waals surface area contributed by atoms with Crippen molar-refractivity contribution >= 4 is 27.4 Å². The van der Waals surface area contributed by atoms with E-state index in [-0.39, 0.29) is 10.7 Å². The van der Waals surface area contributed by atoms with Crippen LogP contribution in [0.25, 0.3) is 0 Å². The summed E-state index contributed by atoms with van der Waals surface area (Å²) in [5, 5.41) is 0. The zero-order valence-corrected chi connectivity index (χ0v) is 10.2. The molecule has 0 aliphatic heterocycles. The van der Waals surface area contributed by atoms with Gasteiger partial charge in [-0.2, -0.15) is 11.8 Å². The van der Waals surface area contributed by atoms with Gasteiger partial charge in [-0.05, 0) is 18.4 Å². The molecule has 0 N–H and O–H groups in total. The van der Waals surface area contributed by atoms with Crippen LogP contribution in [0.3, 0.4) is 0 Å². The van der Waals surface area contributed by atoms with E-state index in [2.05, 4.69) is 0 Å².